The summed E-state index contributed by atoms with van der Waals surface area (Å²) in [5.74, 6) is 0. The van der Waals surface area contributed by atoms with Gasteiger partial charge < -0.3 is 4.98 Å². The van der Waals surface area contributed by atoms with Gasteiger partial charge in [-0.05, 0) is 77.9 Å². The van der Waals surface area contributed by atoms with E-state index in [0.29, 0.717) is 0 Å². The van der Waals surface area contributed by atoms with Crippen LogP contribution in [-0.4, -0.2) is 22.2 Å². The molecule has 0 amide bonds. The number of aromatic nitrogens is 2. The van der Waals surface area contributed by atoms with E-state index in [2.05, 4.69) is 72.5 Å². The fourth-order valence-corrected chi connectivity index (χ4v) is 3.56. The summed E-state index contributed by atoms with van der Waals surface area (Å²) in [6.45, 7) is 5.08. The predicted octanol–water partition coefficient (Wildman–Crippen LogP) is 5.84. The average Bonchev–Trinajstić information content (AvgIpc) is 3.16. The van der Waals surface area contributed by atoms with Crippen molar-refractivity contribution in [1.29, 1.82) is 0 Å². The largest absolute Gasteiger partial charge is 0.361 e. The third-order valence-corrected chi connectivity index (χ3v) is 5.26. The second-order valence-corrected chi connectivity index (χ2v) is 7.08. The number of H-pyrrole nitrogens is 1. The summed E-state index contributed by atoms with van der Waals surface area (Å²) in [6.07, 6.45) is 7.78. The van der Waals surface area contributed by atoms with Crippen LogP contribution in [-0.2, 0) is 12.8 Å². The van der Waals surface area contributed by atoms with E-state index in [1.165, 1.54) is 38.7 Å². The second kappa shape index (κ2) is 8.22. The van der Waals surface area contributed by atoms with Gasteiger partial charge in [0.15, 0.2) is 0 Å². The second-order valence-electron chi connectivity index (χ2n) is 7.08. The molecule has 0 saturated carbocycles. The highest BCUT2D eigenvalue weighted by atomic mass is 14.7. The van der Waals surface area contributed by atoms with Crippen molar-refractivity contribution in [2.24, 2.45) is 4.99 Å². The number of aliphatic imine (C=N–C) groups is 1. The maximum Gasteiger partial charge on any atom is 0.0456 e. The molecular weight excluding hydrogens is 342 g/mol. The minimum absolute atomic E-state index is 0.786. The van der Waals surface area contributed by atoms with Crippen molar-refractivity contribution in [2.45, 2.75) is 26.7 Å². The van der Waals surface area contributed by atoms with Gasteiger partial charge in [-0.3, -0.25) is 9.98 Å². The number of benzene rings is 2. The molecule has 0 radical (unpaired) electrons. The first-order chi connectivity index (χ1) is 13.7. The lowest BCUT2D eigenvalue weighted by Crippen LogP contribution is -1.98. The van der Waals surface area contributed by atoms with Gasteiger partial charge in [-0.15, -0.1) is 0 Å². The van der Waals surface area contributed by atoms with Crippen LogP contribution >= 0.6 is 0 Å². The van der Waals surface area contributed by atoms with E-state index < -0.39 is 0 Å². The Morgan fingerprint density at radius 3 is 2.68 bits per heavy atom. The molecule has 28 heavy (non-hydrogen) atoms. The van der Waals surface area contributed by atoms with Crippen LogP contribution < -0.4 is 0 Å². The highest BCUT2D eigenvalue weighted by Crippen LogP contribution is 2.22. The fraction of sp³-hybridized carbons (Fsp3) is 0.200. The minimum atomic E-state index is 0.786. The molecule has 4 rings (SSSR count). The molecule has 140 valence electrons. The number of rotatable bonds is 6. The molecule has 0 aliphatic heterocycles. The van der Waals surface area contributed by atoms with Crippen molar-refractivity contribution in [1.82, 2.24) is 9.97 Å². The molecule has 0 unspecified atom stereocenters. The Morgan fingerprint density at radius 1 is 1.00 bits per heavy atom. The molecule has 2 aromatic heterocycles. The summed E-state index contributed by atoms with van der Waals surface area (Å²) in [6, 6.07) is 19.3. The molecule has 3 nitrogen and oxygen atoms in total. The Balaban J connectivity index is 1.50. The standard InChI is InChI=1S/C25H25N3/c1-3-19-7-8-25-24(15-19)23(17-28-25)11-14-27-18(2)21-5-4-6-22(16-21)20-9-12-26-13-10-20/h4-10,12-13,15-17,28H,3,11,14H2,1-2H3. The molecule has 0 fully saturated rings. The van der Waals surface area contributed by atoms with Crippen molar-refractivity contribution in [2.75, 3.05) is 6.54 Å². The van der Waals surface area contributed by atoms with Crippen molar-refractivity contribution in [3.8, 4) is 11.1 Å². The van der Waals surface area contributed by atoms with Gasteiger partial charge in [0.25, 0.3) is 0 Å². The highest BCUT2D eigenvalue weighted by molar-refractivity contribution is 5.99. The van der Waals surface area contributed by atoms with Gasteiger partial charge in [-0.1, -0.05) is 31.2 Å². The Hall–Kier alpha value is -3.20. The zero-order valence-corrected chi connectivity index (χ0v) is 16.4. The number of nitrogens with zero attached hydrogens (tertiary/aromatic N) is 2. The van der Waals surface area contributed by atoms with E-state index in [-0.39, 0.29) is 0 Å². The van der Waals surface area contributed by atoms with Crippen molar-refractivity contribution >= 4 is 16.6 Å². The van der Waals surface area contributed by atoms with Crippen LogP contribution in [0.5, 0.6) is 0 Å². The van der Waals surface area contributed by atoms with E-state index in [0.717, 1.165) is 25.1 Å². The Morgan fingerprint density at radius 2 is 1.86 bits per heavy atom. The fourth-order valence-electron chi connectivity index (χ4n) is 3.56. The molecule has 3 heteroatoms. The van der Waals surface area contributed by atoms with Crippen LogP contribution in [0.25, 0.3) is 22.0 Å². The summed E-state index contributed by atoms with van der Waals surface area (Å²) in [5, 5.41) is 1.33. The van der Waals surface area contributed by atoms with E-state index in [1.54, 1.807) is 0 Å². The molecule has 0 atom stereocenters. The van der Waals surface area contributed by atoms with Crippen LogP contribution in [0.1, 0.15) is 30.5 Å². The third-order valence-electron chi connectivity index (χ3n) is 5.26. The Bertz CT molecular complexity index is 1110. The molecule has 1 N–H and O–H groups in total. The monoisotopic (exact) mass is 367 g/mol. The third kappa shape index (κ3) is 3.89. The van der Waals surface area contributed by atoms with Gasteiger partial charge in [0.2, 0.25) is 0 Å². The summed E-state index contributed by atoms with van der Waals surface area (Å²) in [5.41, 5.74) is 8.53. The molecular formula is C25H25N3. The molecule has 0 aliphatic carbocycles. The molecule has 0 bridgehead atoms. The quantitative estimate of drug-likeness (QED) is 0.427. The van der Waals surface area contributed by atoms with Crippen molar-refractivity contribution < 1.29 is 0 Å². The maximum atomic E-state index is 4.84. The van der Waals surface area contributed by atoms with Crippen molar-refractivity contribution in [3.63, 3.8) is 0 Å². The SMILES string of the molecule is CCc1ccc2[nH]cc(CCN=C(C)c3cccc(-c4ccncc4)c3)c2c1. The maximum absolute atomic E-state index is 4.84. The average molecular weight is 367 g/mol. The number of nitrogens with one attached hydrogen (secondary N) is 1. The Kier molecular flexibility index (Phi) is 5.34. The summed E-state index contributed by atoms with van der Waals surface area (Å²) in [4.78, 5) is 12.3. The lowest BCUT2D eigenvalue weighted by atomic mass is 10.0. The van der Waals surface area contributed by atoms with E-state index in [1.807, 2.05) is 24.5 Å². The summed E-state index contributed by atoms with van der Waals surface area (Å²) < 4.78 is 0. The number of hydrogen-bond acceptors (Lipinski definition) is 2. The lowest BCUT2D eigenvalue weighted by molar-refractivity contribution is 0.974. The van der Waals surface area contributed by atoms with Crippen LogP contribution in [0.4, 0.5) is 0 Å². The molecule has 0 spiro atoms. The highest BCUT2D eigenvalue weighted by Gasteiger charge is 2.05. The van der Waals surface area contributed by atoms with E-state index in [4.69, 9.17) is 4.99 Å². The first-order valence-electron chi connectivity index (χ1n) is 9.85. The Labute approximate surface area is 166 Å². The summed E-state index contributed by atoms with van der Waals surface area (Å²) >= 11 is 0. The summed E-state index contributed by atoms with van der Waals surface area (Å²) in [7, 11) is 0. The predicted molar refractivity (Wildman–Crippen MR) is 118 cm³/mol. The topological polar surface area (TPSA) is 41.0 Å². The van der Waals surface area contributed by atoms with E-state index >= 15 is 0 Å². The number of aromatic amines is 1. The smallest absolute Gasteiger partial charge is 0.0456 e. The van der Waals surface area contributed by atoms with Crippen LogP contribution in [0.15, 0.2) is 78.2 Å². The number of hydrogen-bond donors (Lipinski definition) is 1. The van der Waals surface area contributed by atoms with Gasteiger partial charge >= 0.3 is 0 Å². The molecule has 4 aromatic rings. The zero-order valence-electron chi connectivity index (χ0n) is 16.4. The van der Waals surface area contributed by atoms with Crippen LogP contribution in [0, 0.1) is 0 Å². The first kappa shape index (κ1) is 18.2. The zero-order chi connectivity index (χ0) is 19.3. The molecule has 2 heterocycles. The molecule has 0 aliphatic rings. The lowest BCUT2D eigenvalue weighted by Gasteiger charge is -2.06. The normalized spacial score (nSPS) is 11.9. The number of fused-ring (bicyclic) bond motifs is 1. The van der Waals surface area contributed by atoms with Gasteiger partial charge in [0.1, 0.15) is 0 Å². The number of pyridine rings is 1. The van der Waals surface area contributed by atoms with Crippen molar-refractivity contribution in [3.05, 3.63) is 89.9 Å². The molecule has 2 aromatic carbocycles. The number of aryl methyl sites for hydroxylation is 1. The van der Waals surface area contributed by atoms with Crippen LogP contribution in [0.2, 0.25) is 0 Å². The van der Waals surface area contributed by atoms with Crippen LogP contribution in [0.3, 0.4) is 0 Å². The van der Waals surface area contributed by atoms with Gasteiger partial charge in [-0.2, -0.15) is 0 Å². The van der Waals surface area contributed by atoms with Gasteiger partial charge in [-0.25, -0.2) is 0 Å². The van der Waals surface area contributed by atoms with Gasteiger partial charge in [0, 0.05) is 41.7 Å². The molecule has 0 saturated heterocycles. The van der Waals surface area contributed by atoms with E-state index in [9.17, 15) is 0 Å². The minimum Gasteiger partial charge on any atom is -0.361 e. The first-order valence-corrected chi connectivity index (χ1v) is 9.85. The van der Waals surface area contributed by atoms with Gasteiger partial charge in [0.05, 0.1) is 0 Å².